The van der Waals surface area contributed by atoms with Gasteiger partial charge in [0.2, 0.25) is 15.9 Å². The molecule has 0 bridgehead atoms. The molecule has 0 aromatic carbocycles. The van der Waals surface area contributed by atoms with Crippen LogP contribution in [0.4, 0.5) is 0 Å². The van der Waals surface area contributed by atoms with Crippen molar-refractivity contribution in [3.63, 3.8) is 0 Å². The van der Waals surface area contributed by atoms with E-state index in [1.54, 1.807) is 0 Å². The van der Waals surface area contributed by atoms with Crippen molar-refractivity contribution in [2.75, 3.05) is 20.3 Å². The molecular formula is C11H15Cl2N3O4S. The smallest absolute Gasteiger partial charge is 0.242 e. The number of methoxy groups -OCH3 is 1. The topological polar surface area (TPSA) is 97.4 Å². The Morgan fingerprint density at radius 1 is 1.48 bits per heavy atom. The van der Waals surface area contributed by atoms with Crippen LogP contribution in [0.15, 0.2) is 17.2 Å². The molecule has 1 atom stereocenters. The van der Waals surface area contributed by atoms with Crippen molar-refractivity contribution in [3.8, 4) is 0 Å². The predicted octanol–water partition coefficient (Wildman–Crippen LogP) is 0.818. The Labute approximate surface area is 133 Å². The van der Waals surface area contributed by atoms with Crippen LogP contribution in [-0.2, 0) is 19.6 Å². The van der Waals surface area contributed by atoms with Crippen molar-refractivity contribution in [1.82, 2.24) is 15.0 Å². The summed E-state index contributed by atoms with van der Waals surface area (Å²) in [6, 6.07) is 0.204. The van der Waals surface area contributed by atoms with Crippen molar-refractivity contribution in [2.45, 2.75) is 17.9 Å². The van der Waals surface area contributed by atoms with Gasteiger partial charge >= 0.3 is 0 Å². The number of halogens is 2. The number of hydrogen-bond acceptors (Lipinski definition) is 5. The van der Waals surface area contributed by atoms with Crippen LogP contribution in [0.5, 0.6) is 0 Å². The molecule has 0 aliphatic heterocycles. The van der Waals surface area contributed by atoms with E-state index in [9.17, 15) is 13.2 Å². The Kier molecular flexibility index (Phi) is 6.82. The number of rotatable bonds is 7. The van der Waals surface area contributed by atoms with Gasteiger partial charge in [-0.25, -0.2) is 13.4 Å². The monoisotopic (exact) mass is 355 g/mol. The minimum atomic E-state index is -3.92. The number of hydrogen-bond donors (Lipinski definition) is 2. The van der Waals surface area contributed by atoms with Gasteiger partial charge in [0.1, 0.15) is 10.0 Å². The van der Waals surface area contributed by atoms with Crippen molar-refractivity contribution >= 4 is 39.1 Å². The fourth-order valence-corrected chi connectivity index (χ4v) is 2.84. The molecular weight excluding hydrogens is 341 g/mol. The van der Waals surface area contributed by atoms with Gasteiger partial charge in [-0.2, -0.15) is 4.72 Å². The number of pyridine rings is 1. The van der Waals surface area contributed by atoms with Gasteiger partial charge in [-0.3, -0.25) is 4.79 Å². The Hall–Kier alpha value is -0.930. The Morgan fingerprint density at radius 3 is 2.71 bits per heavy atom. The van der Waals surface area contributed by atoms with Crippen LogP contribution in [0.1, 0.15) is 6.92 Å². The first-order chi connectivity index (χ1) is 9.77. The quantitative estimate of drug-likeness (QED) is 0.557. The summed E-state index contributed by atoms with van der Waals surface area (Å²) < 4.78 is 31.2. The molecule has 0 aliphatic rings. The highest BCUT2D eigenvalue weighted by Crippen LogP contribution is 2.22. The highest BCUT2D eigenvalue weighted by Gasteiger charge is 2.22. The molecule has 0 radical (unpaired) electrons. The van der Waals surface area contributed by atoms with Crippen LogP contribution in [0, 0.1) is 0 Å². The molecule has 7 nitrogen and oxygen atoms in total. The number of ether oxygens (including phenoxy) is 1. The van der Waals surface area contributed by atoms with Gasteiger partial charge in [-0.1, -0.05) is 23.2 Å². The first kappa shape index (κ1) is 18.1. The van der Waals surface area contributed by atoms with Gasteiger partial charge in [-0.05, 0) is 13.0 Å². The summed E-state index contributed by atoms with van der Waals surface area (Å²) in [5, 5.41) is 2.54. The standard InChI is InChI=1S/C11H15Cl2N3O4S/c1-7(11(17)14-3-4-20-2)16-21(18,19)8-5-9(12)10(13)15-6-8/h5-7,16H,3-4H2,1-2H3,(H,14,17). The zero-order valence-corrected chi connectivity index (χ0v) is 13.7. The van der Waals surface area contributed by atoms with Crippen LogP contribution >= 0.6 is 23.2 Å². The van der Waals surface area contributed by atoms with Crippen molar-refractivity contribution < 1.29 is 17.9 Å². The first-order valence-electron chi connectivity index (χ1n) is 5.88. The third-order valence-electron chi connectivity index (χ3n) is 2.41. The molecule has 0 saturated heterocycles. The molecule has 0 aliphatic carbocycles. The van der Waals surface area contributed by atoms with Gasteiger partial charge < -0.3 is 10.1 Å². The number of nitrogens with zero attached hydrogens (tertiary/aromatic N) is 1. The fourth-order valence-electron chi connectivity index (χ4n) is 1.33. The largest absolute Gasteiger partial charge is 0.383 e. The van der Waals surface area contributed by atoms with E-state index in [0.717, 1.165) is 12.3 Å². The summed E-state index contributed by atoms with van der Waals surface area (Å²) in [7, 11) is -2.43. The summed E-state index contributed by atoms with van der Waals surface area (Å²) in [4.78, 5) is 15.2. The average Bonchev–Trinajstić information content (AvgIpc) is 2.41. The van der Waals surface area contributed by atoms with Crippen LogP contribution in [0.25, 0.3) is 0 Å². The van der Waals surface area contributed by atoms with E-state index >= 15 is 0 Å². The minimum absolute atomic E-state index is 0.000902. The van der Waals surface area contributed by atoms with Crippen LogP contribution < -0.4 is 10.0 Å². The number of aromatic nitrogens is 1. The molecule has 0 saturated carbocycles. The van der Waals surface area contributed by atoms with E-state index in [-0.39, 0.29) is 21.6 Å². The molecule has 1 aromatic rings. The van der Waals surface area contributed by atoms with Crippen LogP contribution in [-0.4, -0.2) is 45.6 Å². The van der Waals surface area contributed by atoms with Crippen molar-refractivity contribution in [3.05, 3.63) is 22.4 Å². The summed E-state index contributed by atoms with van der Waals surface area (Å²) in [6.07, 6.45) is 1.06. The van der Waals surface area contributed by atoms with Crippen molar-refractivity contribution in [2.24, 2.45) is 0 Å². The predicted molar refractivity (Wildman–Crippen MR) is 78.9 cm³/mol. The number of amides is 1. The number of carbonyl (C=O) groups excluding carboxylic acids is 1. The minimum Gasteiger partial charge on any atom is -0.383 e. The summed E-state index contributed by atoms with van der Waals surface area (Å²) in [6.45, 7) is 2.04. The molecule has 1 unspecified atom stereocenters. The lowest BCUT2D eigenvalue weighted by molar-refractivity contribution is -0.122. The lowest BCUT2D eigenvalue weighted by atomic mass is 10.3. The van der Waals surface area contributed by atoms with E-state index in [0.29, 0.717) is 6.61 Å². The van der Waals surface area contributed by atoms with Gasteiger partial charge in [0.05, 0.1) is 17.7 Å². The Balaban J connectivity index is 2.75. The SMILES string of the molecule is COCCNC(=O)C(C)NS(=O)(=O)c1cnc(Cl)c(Cl)c1. The molecule has 118 valence electrons. The highest BCUT2D eigenvalue weighted by atomic mass is 35.5. The second kappa shape index (κ2) is 7.90. The van der Waals surface area contributed by atoms with E-state index < -0.39 is 22.0 Å². The Morgan fingerprint density at radius 2 is 2.14 bits per heavy atom. The third kappa shape index (κ3) is 5.40. The molecule has 1 amide bonds. The molecule has 1 rings (SSSR count). The normalized spacial score (nSPS) is 13.0. The molecule has 1 heterocycles. The summed E-state index contributed by atoms with van der Waals surface area (Å²) >= 11 is 11.3. The third-order valence-corrected chi connectivity index (χ3v) is 4.61. The van der Waals surface area contributed by atoms with E-state index in [2.05, 4.69) is 15.0 Å². The summed E-state index contributed by atoms with van der Waals surface area (Å²) in [5.74, 6) is -0.469. The lowest BCUT2D eigenvalue weighted by Gasteiger charge is -2.14. The van der Waals surface area contributed by atoms with Crippen LogP contribution in [0.2, 0.25) is 10.2 Å². The van der Waals surface area contributed by atoms with E-state index in [4.69, 9.17) is 27.9 Å². The second-order valence-electron chi connectivity index (χ2n) is 4.07. The van der Waals surface area contributed by atoms with E-state index in [1.165, 1.54) is 14.0 Å². The maximum absolute atomic E-state index is 12.1. The van der Waals surface area contributed by atoms with Crippen LogP contribution in [0.3, 0.4) is 0 Å². The summed E-state index contributed by atoms with van der Waals surface area (Å²) in [5.41, 5.74) is 0. The van der Waals surface area contributed by atoms with Gasteiger partial charge in [0, 0.05) is 19.9 Å². The lowest BCUT2D eigenvalue weighted by Crippen LogP contribution is -2.45. The van der Waals surface area contributed by atoms with E-state index in [1.807, 2.05) is 0 Å². The number of sulfonamides is 1. The molecule has 1 aromatic heterocycles. The molecule has 2 N–H and O–H groups in total. The van der Waals surface area contributed by atoms with Gasteiger partial charge in [0.15, 0.2) is 0 Å². The van der Waals surface area contributed by atoms with Crippen molar-refractivity contribution in [1.29, 1.82) is 0 Å². The fraction of sp³-hybridized carbons (Fsp3) is 0.455. The molecule has 10 heteroatoms. The maximum Gasteiger partial charge on any atom is 0.242 e. The number of carbonyl (C=O) groups is 1. The highest BCUT2D eigenvalue weighted by molar-refractivity contribution is 7.89. The Bertz CT molecular complexity index is 609. The molecule has 0 spiro atoms. The second-order valence-corrected chi connectivity index (χ2v) is 6.55. The van der Waals surface area contributed by atoms with Gasteiger partial charge in [-0.15, -0.1) is 0 Å². The molecule has 21 heavy (non-hydrogen) atoms. The zero-order valence-electron chi connectivity index (χ0n) is 11.4. The number of nitrogens with one attached hydrogen (secondary N) is 2. The maximum atomic E-state index is 12.1. The first-order valence-corrected chi connectivity index (χ1v) is 8.12. The zero-order chi connectivity index (χ0) is 16.0. The molecule has 0 fully saturated rings. The van der Waals surface area contributed by atoms with Gasteiger partial charge in [0.25, 0.3) is 0 Å². The average molecular weight is 356 g/mol.